The molecule has 1 aliphatic heterocycles. The van der Waals surface area contributed by atoms with Crippen molar-refractivity contribution in [3.63, 3.8) is 0 Å². The zero-order valence-corrected chi connectivity index (χ0v) is 9.09. The van der Waals surface area contributed by atoms with E-state index in [0.29, 0.717) is 32.0 Å². The fraction of sp³-hybridized carbons (Fsp3) is 1.00. The van der Waals surface area contributed by atoms with Crippen molar-refractivity contribution in [3.8, 4) is 0 Å². The number of nitrogens with zero attached hydrogens (tertiary/aromatic N) is 1. The van der Waals surface area contributed by atoms with E-state index in [4.69, 9.17) is 5.11 Å². The first kappa shape index (κ1) is 12.8. The van der Waals surface area contributed by atoms with Gasteiger partial charge in [0, 0.05) is 6.04 Å². The molecule has 0 aromatic carbocycles. The Balaban J connectivity index is 2.44. The van der Waals surface area contributed by atoms with Crippen molar-refractivity contribution in [2.24, 2.45) is 5.92 Å². The van der Waals surface area contributed by atoms with E-state index < -0.39 is 18.2 Å². The third kappa shape index (κ3) is 3.34. The molecule has 0 saturated carbocycles. The van der Waals surface area contributed by atoms with E-state index in [1.165, 1.54) is 0 Å². The number of rotatable bonds is 2. The SMILES string of the molecule is CC(C)N1CCC(C(O)C(F)(F)F)CC1. The Morgan fingerprint density at radius 2 is 1.67 bits per heavy atom. The molecule has 1 atom stereocenters. The molecule has 1 aliphatic rings. The summed E-state index contributed by atoms with van der Waals surface area (Å²) in [7, 11) is 0. The summed E-state index contributed by atoms with van der Waals surface area (Å²) in [5.74, 6) is -0.625. The van der Waals surface area contributed by atoms with Gasteiger partial charge in [-0.1, -0.05) is 0 Å². The summed E-state index contributed by atoms with van der Waals surface area (Å²) in [5, 5.41) is 9.09. The number of aliphatic hydroxyl groups is 1. The zero-order chi connectivity index (χ0) is 11.6. The van der Waals surface area contributed by atoms with Gasteiger partial charge in [-0.05, 0) is 45.7 Å². The average Bonchev–Trinajstić information content (AvgIpc) is 2.15. The molecule has 1 fully saturated rings. The van der Waals surface area contributed by atoms with Crippen LogP contribution < -0.4 is 0 Å². The van der Waals surface area contributed by atoms with Gasteiger partial charge in [-0.25, -0.2) is 0 Å². The molecule has 0 amide bonds. The highest BCUT2D eigenvalue weighted by atomic mass is 19.4. The van der Waals surface area contributed by atoms with Gasteiger partial charge in [0.05, 0.1) is 0 Å². The van der Waals surface area contributed by atoms with Crippen molar-refractivity contribution in [3.05, 3.63) is 0 Å². The van der Waals surface area contributed by atoms with Gasteiger partial charge in [-0.2, -0.15) is 13.2 Å². The summed E-state index contributed by atoms with van der Waals surface area (Å²) in [4.78, 5) is 2.14. The first-order valence-electron chi connectivity index (χ1n) is 5.31. The number of aliphatic hydroxyl groups excluding tert-OH is 1. The molecule has 15 heavy (non-hydrogen) atoms. The smallest absolute Gasteiger partial charge is 0.383 e. The lowest BCUT2D eigenvalue weighted by atomic mass is 9.90. The zero-order valence-electron chi connectivity index (χ0n) is 9.09. The molecule has 1 unspecified atom stereocenters. The van der Waals surface area contributed by atoms with Crippen LogP contribution in [0.15, 0.2) is 0 Å². The Morgan fingerprint density at radius 1 is 1.20 bits per heavy atom. The molecule has 1 saturated heterocycles. The van der Waals surface area contributed by atoms with Crippen LogP contribution in [0, 0.1) is 5.92 Å². The minimum Gasteiger partial charge on any atom is -0.383 e. The Bertz CT molecular complexity index is 197. The topological polar surface area (TPSA) is 23.5 Å². The second-order valence-electron chi connectivity index (χ2n) is 4.45. The fourth-order valence-electron chi connectivity index (χ4n) is 2.02. The van der Waals surface area contributed by atoms with Gasteiger partial charge in [0.1, 0.15) is 0 Å². The normalized spacial score (nSPS) is 23.4. The molecule has 1 N–H and O–H groups in total. The number of alkyl halides is 3. The van der Waals surface area contributed by atoms with Crippen LogP contribution in [0.2, 0.25) is 0 Å². The molecule has 0 spiro atoms. The van der Waals surface area contributed by atoms with Gasteiger partial charge in [0.25, 0.3) is 0 Å². The minimum absolute atomic E-state index is 0.369. The second kappa shape index (κ2) is 4.70. The van der Waals surface area contributed by atoms with Crippen LogP contribution >= 0.6 is 0 Å². The number of hydrogen-bond acceptors (Lipinski definition) is 2. The van der Waals surface area contributed by atoms with Crippen LogP contribution in [0.3, 0.4) is 0 Å². The average molecular weight is 225 g/mol. The van der Waals surface area contributed by atoms with Crippen molar-refractivity contribution in [1.29, 1.82) is 0 Å². The summed E-state index contributed by atoms with van der Waals surface area (Å²) in [5.41, 5.74) is 0. The highest BCUT2D eigenvalue weighted by Crippen LogP contribution is 2.31. The molecule has 0 aromatic rings. The first-order chi connectivity index (χ1) is 6.82. The predicted octanol–water partition coefficient (Wildman–Crippen LogP) is 2.03. The van der Waals surface area contributed by atoms with Crippen LogP contribution in [0.1, 0.15) is 26.7 Å². The van der Waals surface area contributed by atoms with Gasteiger partial charge in [0.2, 0.25) is 0 Å². The molecule has 0 radical (unpaired) electrons. The molecule has 0 bridgehead atoms. The number of likely N-dealkylation sites (tertiary alicyclic amines) is 1. The molecule has 1 rings (SSSR count). The lowest BCUT2D eigenvalue weighted by molar-refractivity contribution is -0.223. The quantitative estimate of drug-likeness (QED) is 0.777. The Morgan fingerprint density at radius 3 is 2.00 bits per heavy atom. The Labute approximate surface area is 88.1 Å². The monoisotopic (exact) mass is 225 g/mol. The maximum absolute atomic E-state index is 12.2. The van der Waals surface area contributed by atoms with Crippen molar-refractivity contribution >= 4 is 0 Å². The van der Waals surface area contributed by atoms with Gasteiger partial charge in [-0.3, -0.25) is 0 Å². The molecular weight excluding hydrogens is 207 g/mol. The largest absolute Gasteiger partial charge is 0.414 e. The Hall–Kier alpha value is -0.290. The van der Waals surface area contributed by atoms with Gasteiger partial charge < -0.3 is 10.0 Å². The Kier molecular flexibility index (Phi) is 4.00. The van der Waals surface area contributed by atoms with E-state index in [9.17, 15) is 13.2 Å². The highest BCUT2D eigenvalue weighted by molar-refractivity contribution is 4.82. The lowest BCUT2D eigenvalue weighted by Gasteiger charge is -2.36. The van der Waals surface area contributed by atoms with E-state index in [2.05, 4.69) is 4.90 Å². The maximum atomic E-state index is 12.2. The molecule has 90 valence electrons. The van der Waals surface area contributed by atoms with Crippen molar-refractivity contribution in [2.75, 3.05) is 13.1 Å². The lowest BCUT2D eigenvalue weighted by Crippen LogP contribution is -2.45. The molecule has 2 nitrogen and oxygen atoms in total. The predicted molar refractivity (Wildman–Crippen MR) is 51.5 cm³/mol. The van der Waals surface area contributed by atoms with Crippen LogP contribution in [-0.4, -0.2) is 41.4 Å². The van der Waals surface area contributed by atoms with E-state index in [1.54, 1.807) is 0 Å². The summed E-state index contributed by atoms with van der Waals surface area (Å²) >= 11 is 0. The van der Waals surface area contributed by atoms with Gasteiger partial charge in [-0.15, -0.1) is 0 Å². The molecule has 1 heterocycles. The summed E-state index contributed by atoms with van der Waals surface area (Å²) in [6.07, 6.45) is -5.76. The number of halogens is 3. The van der Waals surface area contributed by atoms with Gasteiger partial charge >= 0.3 is 6.18 Å². The maximum Gasteiger partial charge on any atom is 0.414 e. The minimum atomic E-state index is -4.47. The third-order valence-electron chi connectivity index (χ3n) is 3.09. The van der Waals surface area contributed by atoms with E-state index in [1.807, 2.05) is 13.8 Å². The second-order valence-corrected chi connectivity index (χ2v) is 4.45. The standard InChI is InChI=1S/C10H18F3NO/c1-7(2)14-5-3-8(4-6-14)9(15)10(11,12)13/h7-9,15H,3-6H2,1-2H3. The molecule has 5 heteroatoms. The number of hydrogen-bond donors (Lipinski definition) is 1. The van der Waals surface area contributed by atoms with Gasteiger partial charge in [0.15, 0.2) is 6.10 Å². The van der Waals surface area contributed by atoms with Crippen molar-refractivity contribution in [1.82, 2.24) is 4.90 Å². The van der Waals surface area contributed by atoms with Crippen LogP contribution in [-0.2, 0) is 0 Å². The highest BCUT2D eigenvalue weighted by Gasteiger charge is 2.44. The van der Waals surface area contributed by atoms with Crippen LogP contribution in [0.4, 0.5) is 13.2 Å². The van der Waals surface area contributed by atoms with Crippen molar-refractivity contribution < 1.29 is 18.3 Å². The third-order valence-corrected chi connectivity index (χ3v) is 3.09. The van der Waals surface area contributed by atoms with E-state index >= 15 is 0 Å². The van der Waals surface area contributed by atoms with Crippen molar-refractivity contribution in [2.45, 2.75) is 45.0 Å². The summed E-state index contributed by atoms with van der Waals surface area (Å²) in [6, 6.07) is 0.369. The molecular formula is C10H18F3NO. The van der Waals surface area contributed by atoms with Crippen LogP contribution in [0.25, 0.3) is 0 Å². The van der Waals surface area contributed by atoms with Crippen LogP contribution in [0.5, 0.6) is 0 Å². The van der Waals surface area contributed by atoms with E-state index in [-0.39, 0.29) is 0 Å². The van der Waals surface area contributed by atoms with E-state index in [0.717, 1.165) is 0 Å². The fourth-order valence-corrected chi connectivity index (χ4v) is 2.02. The summed E-state index contributed by atoms with van der Waals surface area (Å²) in [6.45, 7) is 5.35. The first-order valence-corrected chi connectivity index (χ1v) is 5.31. The molecule has 0 aliphatic carbocycles. The summed E-state index contributed by atoms with van der Waals surface area (Å²) < 4.78 is 36.7. The number of piperidine rings is 1. The molecule has 0 aromatic heterocycles.